The van der Waals surface area contributed by atoms with Gasteiger partial charge in [-0.1, -0.05) is 0 Å². The van der Waals surface area contributed by atoms with Crippen molar-refractivity contribution in [3.05, 3.63) is 0 Å². The van der Waals surface area contributed by atoms with E-state index in [1.807, 2.05) is 0 Å². The highest BCUT2D eigenvalue weighted by atomic mass is 19.2. The summed E-state index contributed by atoms with van der Waals surface area (Å²) < 4.78 is 30.1. The van der Waals surface area contributed by atoms with Crippen molar-refractivity contribution >= 4 is 5.97 Å². The van der Waals surface area contributed by atoms with Gasteiger partial charge < -0.3 is 4.74 Å². The Hall–Kier alpha value is -0.670. The molecule has 3 unspecified atom stereocenters. The van der Waals surface area contributed by atoms with Gasteiger partial charge >= 0.3 is 5.97 Å². The maximum absolute atomic E-state index is 13.0. The minimum atomic E-state index is -1.67. The van der Waals surface area contributed by atoms with Gasteiger partial charge in [-0.3, -0.25) is 4.79 Å². The molecule has 0 aromatic heterocycles. The number of carbonyl (C=O) groups excluding carboxylic acids is 1. The molecule has 0 aromatic carbocycles. The van der Waals surface area contributed by atoms with Gasteiger partial charge in [-0.2, -0.15) is 0 Å². The molecule has 0 saturated heterocycles. The molecule has 1 saturated carbocycles. The van der Waals surface area contributed by atoms with E-state index in [2.05, 4.69) is 4.74 Å². The fourth-order valence-corrected chi connectivity index (χ4v) is 1.50. The number of hydrogen-bond acceptors (Lipinski definition) is 2. The molecule has 0 N–H and O–H groups in total. The summed E-state index contributed by atoms with van der Waals surface area (Å²) in [6.45, 7) is 0. The second-order valence-electron chi connectivity index (χ2n) is 3.02. The van der Waals surface area contributed by atoms with E-state index in [-0.39, 0.29) is 6.42 Å². The predicted molar refractivity (Wildman–Crippen MR) is 39.1 cm³/mol. The van der Waals surface area contributed by atoms with Crippen molar-refractivity contribution in [3.8, 4) is 0 Å². The van der Waals surface area contributed by atoms with Crippen molar-refractivity contribution in [2.45, 2.75) is 31.6 Å². The van der Waals surface area contributed by atoms with Crippen molar-refractivity contribution in [2.75, 3.05) is 7.11 Å². The third-order valence-electron chi connectivity index (χ3n) is 2.23. The van der Waals surface area contributed by atoms with Gasteiger partial charge in [0, 0.05) is 0 Å². The Kier molecular flexibility index (Phi) is 3.00. The molecule has 1 aliphatic rings. The molecule has 1 fully saturated rings. The van der Waals surface area contributed by atoms with E-state index in [1.54, 1.807) is 0 Å². The number of hydrogen-bond donors (Lipinski definition) is 0. The maximum atomic E-state index is 13.0. The molecular formula is C8H12F2O2. The fourth-order valence-electron chi connectivity index (χ4n) is 1.50. The van der Waals surface area contributed by atoms with Crippen molar-refractivity contribution in [1.29, 1.82) is 0 Å². The summed E-state index contributed by atoms with van der Waals surface area (Å²) in [6.07, 6.45) is -2.00. The molecule has 70 valence electrons. The van der Waals surface area contributed by atoms with Gasteiger partial charge in [0.1, 0.15) is 12.3 Å². The number of esters is 1. The van der Waals surface area contributed by atoms with Gasteiger partial charge in [-0.25, -0.2) is 8.78 Å². The van der Waals surface area contributed by atoms with Crippen LogP contribution in [0.4, 0.5) is 8.78 Å². The zero-order valence-corrected chi connectivity index (χ0v) is 6.93. The minimum absolute atomic E-state index is 0.217. The summed E-state index contributed by atoms with van der Waals surface area (Å²) >= 11 is 0. The van der Waals surface area contributed by atoms with Gasteiger partial charge in [0.25, 0.3) is 0 Å². The maximum Gasteiger partial charge on any atom is 0.311 e. The van der Waals surface area contributed by atoms with Gasteiger partial charge in [0.15, 0.2) is 0 Å². The van der Waals surface area contributed by atoms with Crippen LogP contribution < -0.4 is 0 Å². The summed E-state index contributed by atoms with van der Waals surface area (Å²) in [7, 11) is 1.19. The Morgan fingerprint density at radius 1 is 1.42 bits per heavy atom. The van der Waals surface area contributed by atoms with E-state index in [1.165, 1.54) is 7.11 Å². The molecule has 12 heavy (non-hydrogen) atoms. The number of methoxy groups -OCH3 is 1. The van der Waals surface area contributed by atoms with Crippen LogP contribution >= 0.6 is 0 Å². The highest BCUT2D eigenvalue weighted by Crippen LogP contribution is 2.30. The Morgan fingerprint density at radius 3 is 2.67 bits per heavy atom. The van der Waals surface area contributed by atoms with E-state index in [4.69, 9.17) is 0 Å². The number of carbonyl (C=O) groups is 1. The summed E-state index contributed by atoms with van der Waals surface area (Å²) in [6, 6.07) is 0. The first-order valence-corrected chi connectivity index (χ1v) is 4.02. The monoisotopic (exact) mass is 178 g/mol. The first-order chi connectivity index (χ1) is 5.66. The van der Waals surface area contributed by atoms with Crippen molar-refractivity contribution in [3.63, 3.8) is 0 Å². The van der Waals surface area contributed by atoms with E-state index < -0.39 is 24.2 Å². The molecule has 0 spiro atoms. The number of rotatable bonds is 1. The van der Waals surface area contributed by atoms with Gasteiger partial charge in [0.2, 0.25) is 0 Å². The molecule has 0 radical (unpaired) electrons. The topological polar surface area (TPSA) is 26.3 Å². The lowest BCUT2D eigenvalue weighted by Gasteiger charge is -2.26. The molecule has 0 amide bonds. The SMILES string of the molecule is COC(=O)C1CCCC(F)C1F. The Bertz CT molecular complexity index is 172. The predicted octanol–water partition coefficient (Wildman–Crippen LogP) is 1.64. The first-order valence-electron chi connectivity index (χ1n) is 4.02. The second kappa shape index (κ2) is 3.83. The zero-order valence-electron chi connectivity index (χ0n) is 6.93. The second-order valence-corrected chi connectivity index (χ2v) is 3.02. The number of alkyl halides is 2. The summed E-state index contributed by atoms with van der Waals surface area (Å²) in [5.41, 5.74) is 0. The van der Waals surface area contributed by atoms with E-state index in [0.29, 0.717) is 12.8 Å². The molecule has 2 nitrogen and oxygen atoms in total. The van der Waals surface area contributed by atoms with E-state index in [0.717, 1.165) is 0 Å². The first kappa shape index (κ1) is 9.42. The molecule has 0 bridgehead atoms. The summed E-state index contributed by atoms with van der Waals surface area (Å²) in [5, 5.41) is 0. The van der Waals surface area contributed by atoms with Crippen LogP contribution in [-0.2, 0) is 9.53 Å². The van der Waals surface area contributed by atoms with Crippen LogP contribution in [0.2, 0.25) is 0 Å². The van der Waals surface area contributed by atoms with Crippen LogP contribution in [0.5, 0.6) is 0 Å². The molecule has 0 heterocycles. The molecule has 4 heteroatoms. The van der Waals surface area contributed by atoms with Crippen LogP contribution in [0, 0.1) is 5.92 Å². The third-order valence-corrected chi connectivity index (χ3v) is 2.23. The molecule has 3 atom stereocenters. The van der Waals surface area contributed by atoms with Crippen LogP contribution in [-0.4, -0.2) is 25.4 Å². The van der Waals surface area contributed by atoms with E-state index >= 15 is 0 Å². The molecule has 0 aliphatic heterocycles. The largest absolute Gasteiger partial charge is 0.469 e. The number of halogens is 2. The lowest BCUT2D eigenvalue weighted by molar-refractivity contribution is -0.150. The van der Waals surface area contributed by atoms with Crippen molar-refractivity contribution in [1.82, 2.24) is 0 Å². The molecule has 0 aromatic rings. The van der Waals surface area contributed by atoms with Crippen molar-refractivity contribution < 1.29 is 18.3 Å². The van der Waals surface area contributed by atoms with Gasteiger partial charge in [-0.15, -0.1) is 0 Å². The highest BCUT2D eigenvalue weighted by molar-refractivity contribution is 5.73. The fraction of sp³-hybridized carbons (Fsp3) is 0.875. The Balaban J connectivity index is 2.57. The Morgan fingerprint density at radius 2 is 2.08 bits per heavy atom. The highest BCUT2D eigenvalue weighted by Gasteiger charge is 2.38. The zero-order chi connectivity index (χ0) is 9.14. The summed E-state index contributed by atoms with van der Waals surface area (Å²) in [5.74, 6) is -1.52. The lowest BCUT2D eigenvalue weighted by atomic mass is 9.86. The molecule has 1 rings (SSSR count). The third kappa shape index (κ3) is 1.73. The quantitative estimate of drug-likeness (QED) is 0.570. The van der Waals surface area contributed by atoms with Gasteiger partial charge in [-0.05, 0) is 19.3 Å². The molecule has 1 aliphatic carbocycles. The van der Waals surface area contributed by atoms with Crippen molar-refractivity contribution in [2.24, 2.45) is 5.92 Å². The average Bonchev–Trinajstić information content (AvgIpc) is 2.08. The molecular weight excluding hydrogens is 166 g/mol. The van der Waals surface area contributed by atoms with Gasteiger partial charge in [0.05, 0.1) is 13.0 Å². The average molecular weight is 178 g/mol. The van der Waals surface area contributed by atoms with Crippen LogP contribution in [0.25, 0.3) is 0 Å². The van der Waals surface area contributed by atoms with Crippen LogP contribution in [0.3, 0.4) is 0 Å². The lowest BCUT2D eigenvalue weighted by Crippen LogP contribution is -2.36. The smallest absolute Gasteiger partial charge is 0.311 e. The standard InChI is InChI=1S/C8H12F2O2/c1-12-8(11)5-3-2-4-6(9)7(5)10/h5-7H,2-4H2,1H3. The van der Waals surface area contributed by atoms with E-state index in [9.17, 15) is 13.6 Å². The normalized spacial score (nSPS) is 36.1. The Labute approximate surface area is 69.9 Å². The minimum Gasteiger partial charge on any atom is -0.469 e. The van der Waals surface area contributed by atoms with Crippen LogP contribution in [0.15, 0.2) is 0 Å². The number of ether oxygens (including phenoxy) is 1. The summed E-state index contributed by atoms with van der Waals surface area (Å²) in [4.78, 5) is 10.9. The van der Waals surface area contributed by atoms with Crippen LogP contribution in [0.1, 0.15) is 19.3 Å².